The summed E-state index contributed by atoms with van der Waals surface area (Å²) in [6.07, 6.45) is 1.50. The van der Waals surface area contributed by atoms with Gasteiger partial charge in [-0.15, -0.1) is 0 Å². The van der Waals surface area contributed by atoms with Gasteiger partial charge >= 0.3 is 0 Å². The molecule has 6 nitrogen and oxygen atoms in total. The van der Waals surface area contributed by atoms with Gasteiger partial charge < -0.3 is 14.5 Å². The minimum Gasteiger partial charge on any atom is -0.467 e. The fourth-order valence-electron chi connectivity index (χ4n) is 1.82. The molecule has 1 atom stereocenters. The van der Waals surface area contributed by atoms with Gasteiger partial charge in [0.15, 0.2) is 0 Å². The van der Waals surface area contributed by atoms with E-state index in [4.69, 9.17) is 9.15 Å². The smallest absolute Gasteiger partial charge is 0.295 e. The van der Waals surface area contributed by atoms with Crippen molar-refractivity contribution in [2.45, 2.75) is 6.04 Å². The molecule has 1 unspecified atom stereocenters. The Labute approximate surface area is 114 Å². The van der Waals surface area contributed by atoms with Crippen molar-refractivity contribution in [3.8, 4) is 0 Å². The zero-order valence-electron chi connectivity index (χ0n) is 10.7. The first-order chi connectivity index (χ1) is 9.61. The van der Waals surface area contributed by atoms with E-state index in [1.54, 1.807) is 12.1 Å². The molecular formula is C13H13FN2O4. The van der Waals surface area contributed by atoms with Gasteiger partial charge in [-0.25, -0.2) is 4.39 Å². The minimum absolute atomic E-state index is 0.204. The molecule has 0 radical (unpaired) electrons. The quantitative estimate of drug-likeness (QED) is 0.649. The SMILES string of the molecule is COCC(Nc1ccc(F)cc1[N+](=O)[O-])c1ccco1. The van der Waals surface area contributed by atoms with Crippen LogP contribution >= 0.6 is 0 Å². The van der Waals surface area contributed by atoms with E-state index < -0.39 is 16.8 Å². The summed E-state index contributed by atoms with van der Waals surface area (Å²) < 4.78 is 23.4. The monoisotopic (exact) mass is 280 g/mol. The minimum atomic E-state index is -0.663. The molecule has 0 aliphatic rings. The van der Waals surface area contributed by atoms with Gasteiger partial charge in [-0.1, -0.05) is 0 Å². The Bertz CT molecular complexity index is 586. The van der Waals surface area contributed by atoms with E-state index in [2.05, 4.69) is 5.32 Å². The maximum Gasteiger partial charge on any atom is 0.295 e. The second-order valence-corrected chi connectivity index (χ2v) is 4.09. The van der Waals surface area contributed by atoms with Gasteiger partial charge in [0.25, 0.3) is 5.69 Å². The highest BCUT2D eigenvalue weighted by atomic mass is 19.1. The predicted octanol–water partition coefficient (Wildman–Crippen LogP) is 3.13. The lowest BCUT2D eigenvalue weighted by Gasteiger charge is -2.17. The van der Waals surface area contributed by atoms with Gasteiger partial charge in [-0.3, -0.25) is 10.1 Å². The van der Waals surface area contributed by atoms with E-state index in [0.717, 1.165) is 12.1 Å². The van der Waals surface area contributed by atoms with Crippen LogP contribution in [0.1, 0.15) is 11.8 Å². The average Bonchev–Trinajstić information content (AvgIpc) is 2.93. The molecule has 0 spiro atoms. The molecule has 0 fully saturated rings. The number of ether oxygens (including phenoxy) is 1. The van der Waals surface area contributed by atoms with Crippen molar-refractivity contribution in [2.75, 3.05) is 19.0 Å². The van der Waals surface area contributed by atoms with Crippen molar-refractivity contribution in [2.24, 2.45) is 0 Å². The highest BCUT2D eigenvalue weighted by Crippen LogP contribution is 2.29. The van der Waals surface area contributed by atoms with Gasteiger partial charge in [-0.2, -0.15) is 0 Å². The summed E-state index contributed by atoms with van der Waals surface area (Å²) in [5, 5.41) is 13.9. The molecule has 2 rings (SSSR count). The summed E-state index contributed by atoms with van der Waals surface area (Å²) in [4.78, 5) is 10.3. The van der Waals surface area contributed by atoms with Gasteiger partial charge in [0.05, 0.1) is 23.9 Å². The number of methoxy groups -OCH3 is 1. The van der Waals surface area contributed by atoms with Crippen LogP contribution in [0, 0.1) is 15.9 Å². The largest absolute Gasteiger partial charge is 0.467 e. The molecule has 20 heavy (non-hydrogen) atoms. The Balaban J connectivity index is 2.29. The Morgan fingerprint density at radius 1 is 1.50 bits per heavy atom. The lowest BCUT2D eigenvalue weighted by Crippen LogP contribution is -2.16. The van der Waals surface area contributed by atoms with Gasteiger partial charge in [-0.05, 0) is 24.3 Å². The summed E-state index contributed by atoms with van der Waals surface area (Å²) in [5.41, 5.74) is -0.132. The molecule has 0 amide bonds. The molecule has 0 aliphatic heterocycles. The first-order valence-corrected chi connectivity index (χ1v) is 5.84. The van der Waals surface area contributed by atoms with Crippen LogP contribution in [0.4, 0.5) is 15.8 Å². The molecule has 1 heterocycles. The number of benzene rings is 1. The van der Waals surface area contributed by atoms with E-state index >= 15 is 0 Å². The van der Waals surface area contributed by atoms with Crippen molar-refractivity contribution in [1.82, 2.24) is 0 Å². The van der Waals surface area contributed by atoms with Crippen LogP contribution < -0.4 is 5.32 Å². The first kappa shape index (κ1) is 14.0. The van der Waals surface area contributed by atoms with Crippen molar-refractivity contribution >= 4 is 11.4 Å². The van der Waals surface area contributed by atoms with Crippen molar-refractivity contribution in [3.05, 3.63) is 58.3 Å². The average molecular weight is 280 g/mol. The number of halogens is 1. The second-order valence-electron chi connectivity index (χ2n) is 4.09. The number of hydrogen-bond donors (Lipinski definition) is 1. The Morgan fingerprint density at radius 3 is 2.90 bits per heavy atom. The summed E-state index contributed by atoms with van der Waals surface area (Å²) in [6, 6.07) is 6.37. The van der Waals surface area contributed by atoms with Crippen LogP contribution in [0.3, 0.4) is 0 Å². The van der Waals surface area contributed by atoms with E-state index in [0.29, 0.717) is 5.76 Å². The lowest BCUT2D eigenvalue weighted by molar-refractivity contribution is -0.384. The third kappa shape index (κ3) is 3.12. The standard InChI is InChI=1S/C13H13FN2O4/c1-19-8-11(13-3-2-6-20-13)15-10-5-4-9(14)7-12(10)16(17)18/h2-7,11,15H,8H2,1H3. The van der Waals surface area contributed by atoms with Gasteiger partial charge in [0.1, 0.15) is 23.3 Å². The highest BCUT2D eigenvalue weighted by molar-refractivity contribution is 5.62. The summed E-state index contributed by atoms with van der Waals surface area (Å²) >= 11 is 0. The van der Waals surface area contributed by atoms with E-state index in [-0.39, 0.29) is 18.0 Å². The molecule has 7 heteroatoms. The van der Waals surface area contributed by atoms with Crippen LogP contribution in [0.2, 0.25) is 0 Å². The predicted molar refractivity (Wildman–Crippen MR) is 70.0 cm³/mol. The van der Waals surface area contributed by atoms with E-state index in [1.165, 1.54) is 19.4 Å². The molecule has 2 aromatic rings. The van der Waals surface area contributed by atoms with Crippen molar-refractivity contribution in [3.63, 3.8) is 0 Å². The normalized spacial score (nSPS) is 12.1. The number of nitro benzene ring substituents is 1. The fraction of sp³-hybridized carbons (Fsp3) is 0.231. The number of furan rings is 1. The zero-order valence-corrected chi connectivity index (χ0v) is 10.7. The molecule has 1 N–H and O–H groups in total. The fourth-order valence-corrected chi connectivity index (χ4v) is 1.82. The second kappa shape index (κ2) is 6.16. The molecule has 106 valence electrons. The molecule has 0 saturated carbocycles. The maximum atomic E-state index is 13.1. The molecule has 1 aromatic carbocycles. The highest BCUT2D eigenvalue weighted by Gasteiger charge is 2.20. The van der Waals surface area contributed by atoms with Crippen LogP contribution in [0.5, 0.6) is 0 Å². The third-order valence-corrected chi connectivity index (χ3v) is 2.71. The number of rotatable bonds is 6. The van der Waals surface area contributed by atoms with Gasteiger partial charge in [0.2, 0.25) is 0 Å². The summed E-state index contributed by atoms with van der Waals surface area (Å²) in [5.74, 6) is -0.0889. The summed E-state index contributed by atoms with van der Waals surface area (Å²) in [7, 11) is 1.51. The molecule has 1 aromatic heterocycles. The molecule has 0 aliphatic carbocycles. The van der Waals surface area contributed by atoms with Crippen LogP contribution in [-0.4, -0.2) is 18.6 Å². The maximum absolute atomic E-state index is 13.1. The van der Waals surface area contributed by atoms with Crippen LogP contribution in [-0.2, 0) is 4.74 Å². The number of nitrogens with one attached hydrogen (secondary N) is 1. The van der Waals surface area contributed by atoms with E-state index in [9.17, 15) is 14.5 Å². The Kier molecular flexibility index (Phi) is 4.31. The number of nitro groups is 1. The number of hydrogen-bond acceptors (Lipinski definition) is 5. The Hall–Kier alpha value is -2.41. The Morgan fingerprint density at radius 2 is 2.30 bits per heavy atom. The van der Waals surface area contributed by atoms with E-state index in [1.807, 2.05) is 0 Å². The first-order valence-electron chi connectivity index (χ1n) is 5.84. The molecule has 0 bridgehead atoms. The molecular weight excluding hydrogens is 267 g/mol. The third-order valence-electron chi connectivity index (χ3n) is 2.71. The van der Waals surface area contributed by atoms with Crippen LogP contribution in [0.25, 0.3) is 0 Å². The topological polar surface area (TPSA) is 77.5 Å². The summed E-state index contributed by atoms with van der Waals surface area (Å²) in [6.45, 7) is 0.252. The van der Waals surface area contributed by atoms with Crippen molar-refractivity contribution < 1.29 is 18.5 Å². The van der Waals surface area contributed by atoms with Gasteiger partial charge in [0, 0.05) is 7.11 Å². The molecule has 0 saturated heterocycles. The van der Waals surface area contributed by atoms with Crippen LogP contribution in [0.15, 0.2) is 41.0 Å². The van der Waals surface area contributed by atoms with Crippen molar-refractivity contribution in [1.29, 1.82) is 0 Å². The lowest BCUT2D eigenvalue weighted by atomic mass is 10.2. The zero-order chi connectivity index (χ0) is 14.5. The number of anilines is 1. The number of nitrogens with zero attached hydrogens (tertiary/aromatic N) is 1.